The van der Waals surface area contributed by atoms with E-state index in [1.807, 2.05) is 27.7 Å². The zero-order valence-electron chi connectivity index (χ0n) is 10.4. The van der Waals surface area contributed by atoms with Gasteiger partial charge in [-0.15, -0.1) is 0 Å². The normalized spacial score (nSPS) is 11.0. The fourth-order valence-electron chi connectivity index (χ4n) is 1.51. The van der Waals surface area contributed by atoms with Crippen LogP contribution in [-0.2, 0) is 13.5 Å². The van der Waals surface area contributed by atoms with E-state index in [0.29, 0.717) is 0 Å². The van der Waals surface area contributed by atoms with Gasteiger partial charge in [0.1, 0.15) is 0 Å². The summed E-state index contributed by atoms with van der Waals surface area (Å²) >= 11 is 0. The first-order valence-corrected chi connectivity index (χ1v) is 5.61. The van der Waals surface area contributed by atoms with Crippen molar-refractivity contribution in [1.82, 2.24) is 4.57 Å². The molecular formula is C13H23N. The molecule has 0 aromatic carbocycles. The van der Waals surface area contributed by atoms with Gasteiger partial charge in [-0.05, 0) is 31.1 Å². The predicted octanol–water partition coefficient (Wildman–Crippen LogP) is 3.96. The maximum absolute atomic E-state index is 2.26. The van der Waals surface area contributed by atoms with Crippen LogP contribution in [0.25, 0.3) is 6.08 Å². The number of aryl methyl sites for hydroxylation is 1. The number of hydrogen-bond acceptors (Lipinski definition) is 0. The lowest BCUT2D eigenvalue weighted by Gasteiger charge is -1.97. The van der Waals surface area contributed by atoms with Gasteiger partial charge in [0.25, 0.3) is 0 Å². The van der Waals surface area contributed by atoms with Crippen molar-refractivity contribution in [2.24, 2.45) is 7.05 Å². The molecule has 0 saturated heterocycles. The summed E-state index contributed by atoms with van der Waals surface area (Å²) in [5.74, 6) is 0. The van der Waals surface area contributed by atoms with Crippen LogP contribution in [0.4, 0.5) is 0 Å². The van der Waals surface area contributed by atoms with E-state index in [2.05, 4.69) is 36.8 Å². The van der Waals surface area contributed by atoms with Crippen molar-refractivity contribution in [1.29, 1.82) is 0 Å². The van der Waals surface area contributed by atoms with E-state index in [0.717, 1.165) is 6.42 Å². The maximum Gasteiger partial charge on any atom is 0.0438 e. The lowest BCUT2D eigenvalue weighted by Crippen LogP contribution is -1.91. The molecule has 1 aromatic rings. The van der Waals surface area contributed by atoms with Crippen LogP contribution in [0.2, 0.25) is 0 Å². The minimum absolute atomic E-state index is 1.12. The van der Waals surface area contributed by atoms with E-state index < -0.39 is 0 Å². The molecule has 0 fully saturated rings. The molecule has 0 spiro atoms. The molecule has 0 N–H and O–H groups in total. The van der Waals surface area contributed by atoms with E-state index in [-0.39, 0.29) is 0 Å². The summed E-state index contributed by atoms with van der Waals surface area (Å²) < 4.78 is 2.23. The highest BCUT2D eigenvalue weighted by atomic mass is 15.0. The van der Waals surface area contributed by atoms with Crippen molar-refractivity contribution in [3.05, 3.63) is 29.1 Å². The number of hydrogen-bond donors (Lipinski definition) is 0. The third kappa shape index (κ3) is 2.50. The van der Waals surface area contributed by atoms with Gasteiger partial charge >= 0.3 is 0 Å². The van der Waals surface area contributed by atoms with Gasteiger partial charge < -0.3 is 4.57 Å². The molecule has 0 unspecified atom stereocenters. The largest absolute Gasteiger partial charge is 0.348 e. The Bertz CT molecular complexity index is 292. The summed E-state index contributed by atoms with van der Waals surface area (Å²) in [5, 5.41) is 0. The van der Waals surface area contributed by atoms with Crippen LogP contribution >= 0.6 is 0 Å². The molecule has 80 valence electrons. The van der Waals surface area contributed by atoms with Crippen molar-refractivity contribution in [2.45, 2.75) is 41.0 Å². The number of fused-ring (bicyclic) bond motifs is 1. The van der Waals surface area contributed by atoms with Crippen LogP contribution < -0.4 is 0 Å². The van der Waals surface area contributed by atoms with E-state index >= 15 is 0 Å². The third-order valence-corrected chi connectivity index (χ3v) is 2.22. The van der Waals surface area contributed by atoms with Gasteiger partial charge in [0.2, 0.25) is 0 Å². The molecule has 1 aromatic heterocycles. The molecule has 1 heteroatoms. The van der Waals surface area contributed by atoms with E-state index in [1.165, 1.54) is 17.0 Å². The van der Waals surface area contributed by atoms with Crippen molar-refractivity contribution in [3.63, 3.8) is 0 Å². The van der Waals surface area contributed by atoms with Crippen LogP contribution in [0.3, 0.4) is 0 Å². The summed E-state index contributed by atoms with van der Waals surface area (Å²) in [6.45, 7) is 10.1. The summed E-state index contributed by atoms with van der Waals surface area (Å²) in [6.07, 6.45) is 5.53. The molecular weight excluding hydrogens is 170 g/mol. The van der Waals surface area contributed by atoms with Gasteiger partial charge in [0.05, 0.1) is 0 Å². The number of rotatable bonds is 0. The Kier molecular flexibility index (Phi) is 6.02. The lowest BCUT2D eigenvalue weighted by atomic mass is 10.2. The van der Waals surface area contributed by atoms with E-state index in [1.54, 1.807) is 0 Å². The topological polar surface area (TPSA) is 4.93 Å². The highest BCUT2D eigenvalue weighted by molar-refractivity contribution is 5.58. The predicted molar refractivity (Wildman–Crippen MR) is 65.6 cm³/mol. The average Bonchev–Trinajstić information content (AvgIpc) is 2.79. The molecule has 0 aliphatic heterocycles. The summed E-state index contributed by atoms with van der Waals surface area (Å²) in [5.41, 5.74) is 4.21. The molecule has 0 bridgehead atoms. The van der Waals surface area contributed by atoms with Gasteiger partial charge in [-0.3, -0.25) is 0 Å². The summed E-state index contributed by atoms with van der Waals surface area (Å²) in [4.78, 5) is 0. The van der Waals surface area contributed by atoms with Crippen molar-refractivity contribution >= 4 is 6.08 Å². The first-order valence-electron chi connectivity index (χ1n) is 5.61. The molecule has 0 amide bonds. The molecule has 1 nitrogen and oxygen atoms in total. The molecule has 1 aliphatic rings. The zero-order chi connectivity index (χ0) is 11.1. The first-order chi connectivity index (χ1) is 6.79. The summed E-state index contributed by atoms with van der Waals surface area (Å²) in [6, 6.07) is 2.26. The highest BCUT2D eigenvalue weighted by Gasteiger charge is 2.09. The van der Waals surface area contributed by atoms with Gasteiger partial charge in [-0.2, -0.15) is 0 Å². The standard InChI is InChI=1S/C9H11N.2C2H6/c1-7-6-8-4-3-5-9(8)10(7)2;2*1-2/h3,5-6H,4H2,1-2H3;2*1-2H3. The van der Waals surface area contributed by atoms with Crippen LogP contribution in [0.5, 0.6) is 0 Å². The Morgan fingerprint density at radius 1 is 1.14 bits per heavy atom. The Morgan fingerprint density at radius 2 is 1.71 bits per heavy atom. The smallest absolute Gasteiger partial charge is 0.0438 e. The Labute approximate surface area is 88.5 Å². The van der Waals surface area contributed by atoms with Crippen molar-refractivity contribution < 1.29 is 0 Å². The summed E-state index contributed by atoms with van der Waals surface area (Å²) in [7, 11) is 2.11. The molecule has 0 atom stereocenters. The zero-order valence-corrected chi connectivity index (χ0v) is 10.4. The fraction of sp³-hybridized carbons (Fsp3) is 0.538. The van der Waals surface area contributed by atoms with Gasteiger partial charge in [-0.25, -0.2) is 0 Å². The SMILES string of the molecule is CC.CC.Cc1cc2c(n1C)C=CC2. The molecule has 0 saturated carbocycles. The number of nitrogens with zero attached hydrogens (tertiary/aromatic N) is 1. The monoisotopic (exact) mass is 193 g/mol. The highest BCUT2D eigenvalue weighted by Crippen LogP contribution is 2.21. The van der Waals surface area contributed by atoms with Crippen LogP contribution in [0.15, 0.2) is 12.1 Å². The van der Waals surface area contributed by atoms with Crippen LogP contribution in [0.1, 0.15) is 44.6 Å². The second kappa shape index (κ2) is 6.47. The minimum atomic E-state index is 1.12. The fourth-order valence-corrected chi connectivity index (χ4v) is 1.51. The van der Waals surface area contributed by atoms with Gasteiger partial charge in [0.15, 0.2) is 0 Å². The third-order valence-electron chi connectivity index (χ3n) is 2.22. The van der Waals surface area contributed by atoms with Crippen molar-refractivity contribution in [2.75, 3.05) is 0 Å². The quantitative estimate of drug-likeness (QED) is 0.588. The average molecular weight is 193 g/mol. The molecule has 2 rings (SSSR count). The number of aromatic nitrogens is 1. The molecule has 1 aliphatic carbocycles. The minimum Gasteiger partial charge on any atom is -0.348 e. The second-order valence-corrected chi connectivity index (χ2v) is 2.86. The Balaban J connectivity index is 0.000000379. The van der Waals surface area contributed by atoms with E-state index in [4.69, 9.17) is 0 Å². The van der Waals surface area contributed by atoms with Crippen molar-refractivity contribution in [3.8, 4) is 0 Å². The van der Waals surface area contributed by atoms with Gasteiger partial charge in [0, 0.05) is 18.4 Å². The first kappa shape index (κ1) is 13.0. The maximum atomic E-state index is 2.26. The Hall–Kier alpha value is -0.980. The van der Waals surface area contributed by atoms with Gasteiger partial charge in [-0.1, -0.05) is 33.8 Å². The number of allylic oxidation sites excluding steroid dienone is 1. The Morgan fingerprint density at radius 3 is 2.21 bits per heavy atom. The second-order valence-electron chi connectivity index (χ2n) is 2.86. The molecule has 14 heavy (non-hydrogen) atoms. The lowest BCUT2D eigenvalue weighted by molar-refractivity contribution is 0.871. The van der Waals surface area contributed by atoms with Crippen LogP contribution in [0, 0.1) is 6.92 Å². The molecule has 0 radical (unpaired) electrons. The molecule has 1 heterocycles. The van der Waals surface area contributed by atoms with Crippen LogP contribution in [-0.4, -0.2) is 4.57 Å². The van der Waals surface area contributed by atoms with E-state index in [9.17, 15) is 0 Å².